The lowest BCUT2D eigenvalue weighted by atomic mass is 10.0. The van der Waals surface area contributed by atoms with Gasteiger partial charge in [0, 0.05) is 18.7 Å². The number of ether oxygens (including phenoxy) is 1. The highest BCUT2D eigenvalue weighted by Crippen LogP contribution is 2.26. The Labute approximate surface area is 178 Å². The second-order valence-electron chi connectivity index (χ2n) is 8.43. The van der Waals surface area contributed by atoms with Crippen molar-refractivity contribution in [3.63, 3.8) is 0 Å². The summed E-state index contributed by atoms with van der Waals surface area (Å²) in [6.45, 7) is 11.4. The van der Waals surface area contributed by atoms with Gasteiger partial charge in [-0.15, -0.1) is 0 Å². The molecule has 0 radical (unpaired) electrons. The first-order valence-corrected chi connectivity index (χ1v) is 10.5. The van der Waals surface area contributed by atoms with Gasteiger partial charge in [-0.1, -0.05) is 29.8 Å². The molecule has 2 heterocycles. The maximum atomic E-state index is 13.5. The van der Waals surface area contributed by atoms with E-state index >= 15 is 0 Å². The average molecular weight is 404 g/mol. The number of aromatic nitrogens is 2. The fourth-order valence-corrected chi connectivity index (χ4v) is 3.96. The SMILES string of the molecule is Cc1ccc(-n2nc(-c3ccc(C)c(C)c3)cc2C(=O)N2CC(C)OC(C)C2)cc1. The molecule has 1 aliphatic rings. The third kappa shape index (κ3) is 4.03. The van der Waals surface area contributed by atoms with Crippen molar-refractivity contribution in [1.82, 2.24) is 14.7 Å². The van der Waals surface area contributed by atoms with Crippen molar-refractivity contribution < 1.29 is 9.53 Å². The van der Waals surface area contributed by atoms with Gasteiger partial charge in [-0.25, -0.2) is 4.68 Å². The van der Waals surface area contributed by atoms with Crippen LogP contribution in [0.5, 0.6) is 0 Å². The van der Waals surface area contributed by atoms with Crippen LogP contribution < -0.4 is 0 Å². The monoisotopic (exact) mass is 403 g/mol. The van der Waals surface area contributed by atoms with E-state index in [4.69, 9.17) is 9.84 Å². The molecule has 0 aliphatic carbocycles. The molecule has 1 saturated heterocycles. The number of nitrogens with zero attached hydrogens (tertiary/aromatic N) is 3. The summed E-state index contributed by atoms with van der Waals surface area (Å²) in [6.07, 6.45) is 0.0420. The Balaban J connectivity index is 1.79. The van der Waals surface area contributed by atoms with Crippen LogP contribution in [0.25, 0.3) is 16.9 Å². The number of carbonyl (C=O) groups is 1. The van der Waals surface area contributed by atoms with Crippen molar-refractivity contribution in [3.05, 3.63) is 70.9 Å². The summed E-state index contributed by atoms with van der Waals surface area (Å²) in [5.41, 5.74) is 6.90. The lowest BCUT2D eigenvalue weighted by Crippen LogP contribution is -2.48. The van der Waals surface area contributed by atoms with E-state index < -0.39 is 0 Å². The van der Waals surface area contributed by atoms with E-state index in [2.05, 4.69) is 39.0 Å². The van der Waals surface area contributed by atoms with E-state index in [-0.39, 0.29) is 18.1 Å². The van der Waals surface area contributed by atoms with Gasteiger partial charge in [0.2, 0.25) is 0 Å². The molecule has 2 atom stereocenters. The first-order valence-electron chi connectivity index (χ1n) is 10.5. The van der Waals surface area contributed by atoms with Crippen molar-refractivity contribution in [2.45, 2.75) is 46.8 Å². The Kier molecular flexibility index (Phi) is 5.48. The fraction of sp³-hybridized carbons (Fsp3) is 0.360. The van der Waals surface area contributed by atoms with Crippen LogP contribution in [0.3, 0.4) is 0 Å². The largest absolute Gasteiger partial charge is 0.372 e. The Morgan fingerprint density at radius 2 is 1.60 bits per heavy atom. The van der Waals surface area contributed by atoms with Gasteiger partial charge < -0.3 is 9.64 Å². The number of aryl methyl sites for hydroxylation is 3. The predicted octanol–water partition coefficient (Wildman–Crippen LogP) is 4.71. The van der Waals surface area contributed by atoms with Gasteiger partial charge in [0.25, 0.3) is 5.91 Å². The zero-order valence-electron chi connectivity index (χ0n) is 18.3. The summed E-state index contributed by atoms with van der Waals surface area (Å²) in [5, 5.41) is 4.84. The van der Waals surface area contributed by atoms with E-state index in [0.29, 0.717) is 18.8 Å². The second-order valence-corrected chi connectivity index (χ2v) is 8.43. The molecule has 30 heavy (non-hydrogen) atoms. The summed E-state index contributed by atoms with van der Waals surface area (Å²) >= 11 is 0. The summed E-state index contributed by atoms with van der Waals surface area (Å²) in [5.74, 6) is -0.0137. The molecule has 156 valence electrons. The van der Waals surface area contributed by atoms with Crippen LogP contribution in [0.1, 0.15) is 41.0 Å². The fourth-order valence-electron chi connectivity index (χ4n) is 3.96. The Hall–Kier alpha value is -2.92. The van der Waals surface area contributed by atoms with E-state index in [1.54, 1.807) is 4.68 Å². The van der Waals surface area contributed by atoms with Gasteiger partial charge in [0.15, 0.2) is 0 Å². The topological polar surface area (TPSA) is 47.4 Å². The summed E-state index contributed by atoms with van der Waals surface area (Å²) < 4.78 is 7.59. The Bertz CT molecular complexity index is 1060. The zero-order chi connectivity index (χ0) is 21.4. The minimum Gasteiger partial charge on any atom is -0.372 e. The number of morpholine rings is 1. The first-order chi connectivity index (χ1) is 14.3. The molecule has 3 aromatic rings. The molecule has 5 nitrogen and oxygen atoms in total. The maximum Gasteiger partial charge on any atom is 0.272 e. The number of rotatable bonds is 3. The van der Waals surface area contributed by atoms with Crippen molar-refractivity contribution in [2.24, 2.45) is 0 Å². The molecule has 2 aromatic carbocycles. The number of hydrogen-bond donors (Lipinski definition) is 0. The van der Waals surface area contributed by atoms with E-state index in [1.165, 1.54) is 16.7 Å². The van der Waals surface area contributed by atoms with Crippen LogP contribution in [-0.4, -0.2) is 45.9 Å². The quantitative estimate of drug-likeness (QED) is 0.636. The highest BCUT2D eigenvalue weighted by Gasteiger charge is 2.29. The summed E-state index contributed by atoms with van der Waals surface area (Å²) in [6, 6.07) is 16.3. The average Bonchev–Trinajstić information content (AvgIpc) is 3.14. The Morgan fingerprint density at radius 3 is 2.23 bits per heavy atom. The van der Waals surface area contributed by atoms with Crippen molar-refractivity contribution >= 4 is 5.91 Å². The first kappa shape index (κ1) is 20.4. The van der Waals surface area contributed by atoms with Gasteiger partial charge in [-0.05, 0) is 70.0 Å². The molecule has 4 rings (SSSR count). The molecule has 5 heteroatoms. The molecule has 1 aliphatic heterocycles. The summed E-state index contributed by atoms with van der Waals surface area (Å²) in [7, 11) is 0. The molecule has 0 bridgehead atoms. The number of amides is 1. The zero-order valence-corrected chi connectivity index (χ0v) is 18.3. The van der Waals surface area contributed by atoms with Crippen LogP contribution in [0.2, 0.25) is 0 Å². The van der Waals surface area contributed by atoms with Crippen molar-refractivity contribution in [1.29, 1.82) is 0 Å². The third-order valence-corrected chi connectivity index (χ3v) is 5.72. The standard InChI is InChI=1S/C25H29N3O2/c1-16-6-10-22(11-7-16)28-24(25(29)27-14-19(4)30-20(5)15-27)13-23(26-28)21-9-8-17(2)18(3)12-21/h6-13,19-20H,14-15H2,1-5H3. The van der Waals surface area contributed by atoms with Crippen molar-refractivity contribution in [3.8, 4) is 16.9 Å². The van der Waals surface area contributed by atoms with Gasteiger partial charge in [-0.3, -0.25) is 4.79 Å². The van der Waals surface area contributed by atoms with Crippen molar-refractivity contribution in [2.75, 3.05) is 13.1 Å². The van der Waals surface area contributed by atoms with E-state index in [0.717, 1.165) is 16.9 Å². The van der Waals surface area contributed by atoms with Crippen LogP contribution >= 0.6 is 0 Å². The molecule has 0 spiro atoms. The summed E-state index contributed by atoms with van der Waals surface area (Å²) in [4.78, 5) is 15.4. The Morgan fingerprint density at radius 1 is 0.933 bits per heavy atom. The molecular formula is C25H29N3O2. The highest BCUT2D eigenvalue weighted by molar-refractivity contribution is 5.94. The number of carbonyl (C=O) groups excluding carboxylic acids is 1. The van der Waals surface area contributed by atoms with Gasteiger partial charge in [-0.2, -0.15) is 5.10 Å². The molecule has 0 saturated carbocycles. The molecule has 2 unspecified atom stereocenters. The van der Waals surface area contributed by atoms with Gasteiger partial charge in [0.1, 0.15) is 5.69 Å². The third-order valence-electron chi connectivity index (χ3n) is 5.72. The van der Waals surface area contributed by atoms with Crippen LogP contribution in [0.15, 0.2) is 48.5 Å². The number of hydrogen-bond acceptors (Lipinski definition) is 3. The maximum absolute atomic E-state index is 13.5. The lowest BCUT2D eigenvalue weighted by molar-refractivity contribution is -0.0588. The molecular weight excluding hydrogens is 374 g/mol. The van der Waals surface area contributed by atoms with Crippen LogP contribution in [0.4, 0.5) is 0 Å². The van der Waals surface area contributed by atoms with E-state index in [9.17, 15) is 4.79 Å². The molecule has 1 fully saturated rings. The van der Waals surface area contributed by atoms with E-state index in [1.807, 2.05) is 49.1 Å². The second kappa shape index (κ2) is 8.07. The lowest BCUT2D eigenvalue weighted by Gasteiger charge is -2.35. The molecule has 1 amide bonds. The molecule has 0 N–H and O–H groups in total. The number of benzene rings is 2. The van der Waals surface area contributed by atoms with Gasteiger partial charge in [0.05, 0.1) is 23.6 Å². The minimum atomic E-state index is -0.0137. The van der Waals surface area contributed by atoms with Crippen LogP contribution in [0, 0.1) is 20.8 Å². The smallest absolute Gasteiger partial charge is 0.272 e. The highest BCUT2D eigenvalue weighted by atomic mass is 16.5. The van der Waals surface area contributed by atoms with Crippen LogP contribution in [-0.2, 0) is 4.74 Å². The molecule has 1 aromatic heterocycles. The predicted molar refractivity (Wildman–Crippen MR) is 119 cm³/mol. The van der Waals surface area contributed by atoms with Gasteiger partial charge >= 0.3 is 0 Å². The minimum absolute atomic E-state index is 0.0137. The normalized spacial score (nSPS) is 19.2.